The Morgan fingerprint density at radius 1 is 0.812 bits per heavy atom. The summed E-state index contributed by atoms with van der Waals surface area (Å²) in [6.07, 6.45) is 0.320. The van der Waals surface area contributed by atoms with Gasteiger partial charge in [0.1, 0.15) is 0 Å². The Morgan fingerprint density at radius 3 is 2.38 bits per heavy atom. The quantitative estimate of drug-likeness (QED) is 0.752. The second-order valence-electron chi connectivity index (χ2n) is 4.14. The lowest BCUT2D eigenvalue weighted by atomic mass is 10.0. The van der Waals surface area contributed by atoms with Crippen LogP contribution in [0, 0.1) is 0 Å². The molecule has 0 spiro atoms. The molecule has 80 valence electrons. The number of benzene rings is 2. The normalized spacial score (nSPS) is 17.4. The molecule has 1 heterocycles. The average Bonchev–Trinajstić information content (AvgIpc) is 2.69. The summed E-state index contributed by atoms with van der Waals surface area (Å²) in [5.41, 5.74) is 4.88. The third kappa shape index (κ3) is 1.52. The van der Waals surface area contributed by atoms with E-state index >= 15 is 0 Å². The van der Waals surface area contributed by atoms with Crippen LogP contribution in [0.15, 0.2) is 48.5 Å². The van der Waals surface area contributed by atoms with Crippen molar-refractivity contribution in [2.75, 3.05) is 10.6 Å². The van der Waals surface area contributed by atoms with Gasteiger partial charge in [-0.15, -0.1) is 0 Å². The standard InChI is InChI=1S/C14H14N2/c1-10-15-13-8-7-12(9-14(13)16-10)11-5-3-2-4-6-11/h2-10,15-16H,1H3. The van der Waals surface area contributed by atoms with Crippen molar-refractivity contribution in [1.29, 1.82) is 0 Å². The van der Waals surface area contributed by atoms with Crippen molar-refractivity contribution >= 4 is 11.4 Å². The zero-order valence-electron chi connectivity index (χ0n) is 9.20. The highest BCUT2D eigenvalue weighted by atomic mass is 15.2. The molecule has 2 heteroatoms. The molecular formula is C14H14N2. The fraction of sp³-hybridized carbons (Fsp3) is 0.143. The van der Waals surface area contributed by atoms with Crippen molar-refractivity contribution < 1.29 is 0 Å². The molecule has 2 nitrogen and oxygen atoms in total. The highest BCUT2D eigenvalue weighted by Crippen LogP contribution is 2.33. The molecule has 0 saturated carbocycles. The summed E-state index contributed by atoms with van der Waals surface area (Å²) in [7, 11) is 0. The van der Waals surface area contributed by atoms with Crippen LogP contribution in [0.3, 0.4) is 0 Å². The van der Waals surface area contributed by atoms with Gasteiger partial charge in [-0.1, -0.05) is 36.4 Å². The SMILES string of the molecule is CC1Nc2ccc(-c3ccccc3)cc2N1. The largest absolute Gasteiger partial charge is 0.364 e. The molecule has 0 aliphatic carbocycles. The number of rotatable bonds is 1. The molecule has 1 unspecified atom stereocenters. The number of hydrogen-bond donors (Lipinski definition) is 2. The lowest BCUT2D eigenvalue weighted by molar-refractivity contribution is 0.956. The minimum Gasteiger partial charge on any atom is -0.364 e. The molecule has 2 aromatic carbocycles. The molecule has 1 aliphatic heterocycles. The van der Waals surface area contributed by atoms with Crippen molar-refractivity contribution in [3.63, 3.8) is 0 Å². The molecule has 0 fully saturated rings. The minimum atomic E-state index is 0.320. The Balaban J connectivity index is 2.03. The molecular weight excluding hydrogens is 196 g/mol. The molecule has 3 rings (SSSR count). The Labute approximate surface area is 95.3 Å². The van der Waals surface area contributed by atoms with E-state index < -0.39 is 0 Å². The molecule has 2 N–H and O–H groups in total. The first-order valence-corrected chi connectivity index (χ1v) is 5.55. The third-order valence-corrected chi connectivity index (χ3v) is 2.87. The van der Waals surface area contributed by atoms with E-state index in [1.807, 2.05) is 6.07 Å². The fourth-order valence-electron chi connectivity index (χ4n) is 2.10. The summed E-state index contributed by atoms with van der Waals surface area (Å²) in [6.45, 7) is 2.11. The van der Waals surface area contributed by atoms with Crippen LogP contribution in [0.1, 0.15) is 6.92 Å². The molecule has 16 heavy (non-hydrogen) atoms. The van der Waals surface area contributed by atoms with Crippen molar-refractivity contribution in [3.05, 3.63) is 48.5 Å². The van der Waals surface area contributed by atoms with Crippen LogP contribution in [0.4, 0.5) is 11.4 Å². The summed E-state index contributed by atoms with van der Waals surface area (Å²) in [4.78, 5) is 0. The molecule has 2 aromatic rings. The first-order chi connectivity index (χ1) is 7.83. The Kier molecular flexibility index (Phi) is 2.07. The summed E-state index contributed by atoms with van der Waals surface area (Å²) < 4.78 is 0. The van der Waals surface area contributed by atoms with Gasteiger partial charge >= 0.3 is 0 Å². The summed E-state index contributed by atoms with van der Waals surface area (Å²) in [5, 5.41) is 6.76. The van der Waals surface area contributed by atoms with E-state index in [2.05, 4.69) is 60.0 Å². The van der Waals surface area contributed by atoms with Crippen LogP contribution in [-0.4, -0.2) is 6.17 Å². The van der Waals surface area contributed by atoms with E-state index in [1.165, 1.54) is 22.5 Å². The van der Waals surface area contributed by atoms with Gasteiger partial charge in [-0.3, -0.25) is 0 Å². The van der Waals surface area contributed by atoms with Crippen LogP contribution in [0.2, 0.25) is 0 Å². The van der Waals surface area contributed by atoms with Crippen LogP contribution >= 0.6 is 0 Å². The molecule has 0 bridgehead atoms. The van der Waals surface area contributed by atoms with Crippen molar-refractivity contribution in [3.8, 4) is 11.1 Å². The predicted octanol–water partition coefficient (Wildman–Crippen LogP) is 3.54. The maximum Gasteiger partial charge on any atom is 0.0935 e. The van der Waals surface area contributed by atoms with Gasteiger partial charge in [-0.2, -0.15) is 0 Å². The zero-order chi connectivity index (χ0) is 11.0. The molecule has 1 aliphatic rings. The minimum absolute atomic E-state index is 0.320. The summed E-state index contributed by atoms with van der Waals surface area (Å²) in [5.74, 6) is 0. The number of nitrogens with one attached hydrogen (secondary N) is 2. The zero-order valence-corrected chi connectivity index (χ0v) is 9.20. The van der Waals surface area contributed by atoms with Gasteiger partial charge in [0.25, 0.3) is 0 Å². The second-order valence-corrected chi connectivity index (χ2v) is 4.14. The van der Waals surface area contributed by atoms with E-state index in [-0.39, 0.29) is 0 Å². The molecule has 1 atom stereocenters. The van der Waals surface area contributed by atoms with Crippen LogP contribution in [-0.2, 0) is 0 Å². The van der Waals surface area contributed by atoms with Crippen LogP contribution < -0.4 is 10.6 Å². The van der Waals surface area contributed by atoms with Crippen molar-refractivity contribution in [2.24, 2.45) is 0 Å². The highest BCUT2D eigenvalue weighted by Gasteiger charge is 2.15. The van der Waals surface area contributed by atoms with Crippen LogP contribution in [0.25, 0.3) is 11.1 Å². The van der Waals surface area contributed by atoms with Gasteiger partial charge in [-0.25, -0.2) is 0 Å². The first-order valence-electron chi connectivity index (χ1n) is 5.55. The maximum absolute atomic E-state index is 3.40. The van der Waals surface area contributed by atoms with E-state index in [1.54, 1.807) is 0 Å². The second kappa shape index (κ2) is 3.56. The number of anilines is 2. The first kappa shape index (κ1) is 9.28. The van der Waals surface area contributed by atoms with Crippen molar-refractivity contribution in [2.45, 2.75) is 13.1 Å². The number of hydrogen-bond acceptors (Lipinski definition) is 2. The molecule has 0 amide bonds. The monoisotopic (exact) mass is 210 g/mol. The van der Waals surface area contributed by atoms with E-state index in [0.717, 1.165) is 0 Å². The Bertz CT molecular complexity index is 505. The Hall–Kier alpha value is -1.96. The van der Waals surface area contributed by atoms with Crippen molar-refractivity contribution in [1.82, 2.24) is 0 Å². The predicted molar refractivity (Wildman–Crippen MR) is 68.6 cm³/mol. The van der Waals surface area contributed by atoms with E-state index in [0.29, 0.717) is 6.17 Å². The van der Waals surface area contributed by atoms with Gasteiger partial charge in [0.2, 0.25) is 0 Å². The maximum atomic E-state index is 3.40. The Morgan fingerprint density at radius 2 is 1.56 bits per heavy atom. The van der Waals surface area contributed by atoms with Gasteiger partial charge < -0.3 is 10.6 Å². The summed E-state index contributed by atoms with van der Waals surface area (Å²) in [6, 6.07) is 16.9. The number of fused-ring (bicyclic) bond motifs is 1. The van der Waals surface area contributed by atoms with Gasteiger partial charge in [0, 0.05) is 0 Å². The summed E-state index contributed by atoms with van der Waals surface area (Å²) >= 11 is 0. The topological polar surface area (TPSA) is 24.1 Å². The molecule has 0 saturated heterocycles. The molecule has 0 aromatic heterocycles. The van der Waals surface area contributed by atoms with Crippen LogP contribution in [0.5, 0.6) is 0 Å². The fourth-order valence-corrected chi connectivity index (χ4v) is 2.10. The third-order valence-electron chi connectivity index (χ3n) is 2.87. The van der Waals surface area contributed by atoms with Gasteiger partial charge in [0.05, 0.1) is 17.5 Å². The lowest BCUT2D eigenvalue weighted by Gasteiger charge is -2.04. The highest BCUT2D eigenvalue weighted by molar-refractivity contribution is 5.80. The van der Waals surface area contributed by atoms with Gasteiger partial charge in [0.15, 0.2) is 0 Å². The lowest BCUT2D eigenvalue weighted by Crippen LogP contribution is -2.16. The van der Waals surface area contributed by atoms with Gasteiger partial charge in [-0.05, 0) is 30.2 Å². The smallest absolute Gasteiger partial charge is 0.0935 e. The average molecular weight is 210 g/mol. The van der Waals surface area contributed by atoms with E-state index in [4.69, 9.17) is 0 Å². The van der Waals surface area contributed by atoms with E-state index in [9.17, 15) is 0 Å². The molecule has 0 radical (unpaired) electrons.